The molecule has 1 unspecified atom stereocenters. The fraction of sp³-hybridized carbons (Fsp3) is 0.172. The second-order valence-electron chi connectivity index (χ2n) is 8.55. The fourth-order valence-electron chi connectivity index (χ4n) is 4.54. The van der Waals surface area contributed by atoms with Gasteiger partial charge in [-0.05, 0) is 54.4 Å². The minimum atomic E-state index is -0.955. The van der Waals surface area contributed by atoms with E-state index in [1.54, 1.807) is 54.6 Å². The molecule has 0 fully saturated rings. The molecule has 1 N–H and O–H groups in total. The number of benzene rings is 3. The number of hydrogen-bond donors (Lipinski definition) is 1. The van der Waals surface area contributed by atoms with Crippen LogP contribution in [0.5, 0.6) is 11.5 Å². The van der Waals surface area contributed by atoms with Crippen molar-refractivity contribution in [1.29, 1.82) is 0 Å². The lowest BCUT2D eigenvalue weighted by Crippen LogP contribution is -2.30. The molecule has 1 amide bonds. The highest BCUT2D eigenvalue weighted by atomic mass is 19.1. The second-order valence-corrected chi connectivity index (χ2v) is 8.55. The van der Waals surface area contributed by atoms with Gasteiger partial charge in [-0.3, -0.25) is 9.59 Å². The molecule has 1 aliphatic rings. The lowest BCUT2D eigenvalue weighted by atomic mass is 9.94. The van der Waals surface area contributed by atoms with Crippen molar-refractivity contribution in [3.8, 4) is 11.5 Å². The van der Waals surface area contributed by atoms with Gasteiger partial charge in [0.1, 0.15) is 11.4 Å². The van der Waals surface area contributed by atoms with E-state index in [9.17, 15) is 19.1 Å². The molecule has 2 heterocycles. The van der Waals surface area contributed by atoms with Gasteiger partial charge in [-0.25, -0.2) is 4.39 Å². The van der Waals surface area contributed by atoms with Gasteiger partial charge in [-0.2, -0.15) is 0 Å². The van der Waals surface area contributed by atoms with Gasteiger partial charge in [0.05, 0.1) is 25.3 Å². The molecule has 8 heteroatoms. The van der Waals surface area contributed by atoms with Crippen molar-refractivity contribution in [3.05, 3.63) is 107 Å². The Kier molecular flexibility index (Phi) is 6.40. The molecular formula is C29H24FNO6. The molecule has 0 spiro atoms. The molecule has 37 heavy (non-hydrogen) atoms. The van der Waals surface area contributed by atoms with Crippen LogP contribution in [0, 0.1) is 5.82 Å². The first-order valence-electron chi connectivity index (χ1n) is 11.7. The number of methoxy groups -OCH3 is 1. The van der Waals surface area contributed by atoms with E-state index in [0.29, 0.717) is 34.8 Å². The van der Waals surface area contributed by atoms with Crippen LogP contribution in [-0.4, -0.2) is 35.4 Å². The molecule has 0 saturated carbocycles. The molecule has 3 aromatic carbocycles. The SMILES string of the molecule is CCOc1cc(C2C(C(=O)c3cc4ccccc4o3)=C(O)C(=O)N2Cc2ccc(F)cc2)ccc1OC. The Labute approximate surface area is 212 Å². The van der Waals surface area contributed by atoms with Crippen LogP contribution in [0.4, 0.5) is 4.39 Å². The van der Waals surface area contributed by atoms with Gasteiger partial charge in [0, 0.05) is 11.9 Å². The van der Waals surface area contributed by atoms with E-state index in [1.807, 2.05) is 13.0 Å². The highest BCUT2D eigenvalue weighted by Crippen LogP contribution is 2.43. The summed E-state index contributed by atoms with van der Waals surface area (Å²) in [7, 11) is 1.51. The zero-order valence-corrected chi connectivity index (χ0v) is 20.2. The zero-order valence-electron chi connectivity index (χ0n) is 20.2. The first-order valence-corrected chi connectivity index (χ1v) is 11.7. The van der Waals surface area contributed by atoms with Gasteiger partial charge in [0.2, 0.25) is 5.78 Å². The molecular weight excluding hydrogens is 477 g/mol. The monoisotopic (exact) mass is 501 g/mol. The first kappa shape index (κ1) is 24.1. The lowest BCUT2D eigenvalue weighted by Gasteiger charge is -2.27. The van der Waals surface area contributed by atoms with Crippen LogP contribution in [0.2, 0.25) is 0 Å². The Balaban J connectivity index is 1.62. The summed E-state index contributed by atoms with van der Waals surface area (Å²) in [6, 6.07) is 18.5. The minimum Gasteiger partial charge on any atom is -0.503 e. The number of halogens is 1. The maximum Gasteiger partial charge on any atom is 0.290 e. The smallest absolute Gasteiger partial charge is 0.290 e. The van der Waals surface area contributed by atoms with Crippen molar-refractivity contribution in [3.63, 3.8) is 0 Å². The Hall–Kier alpha value is -4.59. The highest BCUT2D eigenvalue weighted by molar-refractivity contribution is 6.16. The predicted octanol–water partition coefficient (Wildman–Crippen LogP) is 5.76. The number of aliphatic hydroxyl groups is 1. The van der Waals surface area contributed by atoms with Crippen LogP contribution in [0.15, 0.2) is 88.5 Å². The summed E-state index contributed by atoms with van der Waals surface area (Å²) in [4.78, 5) is 28.4. The molecule has 4 aromatic rings. The van der Waals surface area contributed by atoms with Crippen molar-refractivity contribution in [2.75, 3.05) is 13.7 Å². The molecule has 188 valence electrons. The maximum absolute atomic E-state index is 13.7. The van der Waals surface area contributed by atoms with E-state index >= 15 is 0 Å². The number of ether oxygens (including phenoxy) is 2. The van der Waals surface area contributed by atoms with Crippen LogP contribution in [-0.2, 0) is 11.3 Å². The third-order valence-corrected chi connectivity index (χ3v) is 6.27. The van der Waals surface area contributed by atoms with E-state index < -0.39 is 29.3 Å². The van der Waals surface area contributed by atoms with Crippen molar-refractivity contribution >= 4 is 22.7 Å². The van der Waals surface area contributed by atoms with Crippen LogP contribution in [0.25, 0.3) is 11.0 Å². The zero-order chi connectivity index (χ0) is 26.1. The molecule has 0 bridgehead atoms. The van der Waals surface area contributed by atoms with Gasteiger partial charge in [-0.15, -0.1) is 0 Å². The molecule has 0 radical (unpaired) electrons. The van der Waals surface area contributed by atoms with E-state index in [1.165, 1.54) is 24.1 Å². The number of amides is 1. The number of furan rings is 1. The average molecular weight is 502 g/mol. The number of carbonyl (C=O) groups is 2. The molecule has 1 aliphatic heterocycles. The van der Waals surface area contributed by atoms with E-state index in [0.717, 1.165) is 5.39 Å². The maximum atomic E-state index is 13.7. The standard InChI is InChI=1S/C29H24FNO6/c1-3-36-23-15-19(10-13-22(23)35-2)26-25(27(32)24-14-18-6-4-5-7-21(18)37-24)28(33)29(34)31(26)16-17-8-11-20(30)12-9-17/h4-15,26,33H,3,16H2,1-2H3. The fourth-order valence-corrected chi connectivity index (χ4v) is 4.54. The van der Waals surface area contributed by atoms with Gasteiger partial charge >= 0.3 is 0 Å². The molecule has 7 nitrogen and oxygen atoms in total. The van der Waals surface area contributed by atoms with E-state index in [-0.39, 0.29) is 17.9 Å². The number of nitrogens with zero attached hydrogens (tertiary/aromatic N) is 1. The van der Waals surface area contributed by atoms with Crippen molar-refractivity contribution in [2.24, 2.45) is 0 Å². The molecule has 5 rings (SSSR count). The summed E-state index contributed by atoms with van der Waals surface area (Å²) in [6.07, 6.45) is 0. The normalized spacial score (nSPS) is 15.5. The average Bonchev–Trinajstić information content (AvgIpc) is 3.45. The number of fused-ring (bicyclic) bond motifs is 1. The Morgan fingerprint density at radius 1 is 1.05 bits per heavy atom. The summed E-state index contributed by atoms with van der Waals surface area (Å²) in [5.74, 6) is -1.48. The summed E-state index contributed by atoms with van der Waals surface area (Å²) >= 11 is 0. The number of rotatable bonds is 8. The first-order chi connectivity index (χ1) is 17.9. The highest BCUT2D eigenvalue weighted by Gasteiger charge is 2.44. The van der Waals surface area contributed by atoms with E-state index in [2.05, 4.69) is 0 Å². The second kappa shape index (κ2) is 9.81. The molecule has 0 aliphatic carbocycles. The molecule has 1 aromatic heterocycles. The number of ketones is 1. The van der Waals surface area contributed by atoms with Gasteiger partial charge in [0.15, 0.2) is 23.0 Å². The third-order valence-electron chi connectivity index (χ3n) is 6.27. The largest absolute Gasteiger partial charge is 0.503 e. The molecule has 0 saturated heterocycles. The number of hydrogen-bond acceptors (Lipinski definition) is 6. The van der Waals surface area contributed by atoms with Crippen LogP contribution >= 0.6 is 0 Å². The Morgan fingerprint density at radius 2 is 1.81 bits per heavy atom. The van der Waals surface area contributed by atoms with Crippen molar-refractivity contribution in [1.82, 2.24) is 4.90 Å². The number of aliphatic hydroxyl groups excluding tert-OH is 1. The van der Waals surface area contributed by atoms with Crippen molar-refractivity contribution < 1.29 is 33.0 Å². The molecule has 1 atom stereocenters. The van der Waals surface area contributed by atoms with Crippen LogP contribution < -0.4 is 9.47 Å². The van der Waals surface area contributed by atoms with Gasteiger partial charge in [0.25, 0.3) is 5.91 Å². The topological polar surface area (TPSA) is 89.2 Å². The predicted molar refractivity (Wildman–Crippen MR) is 134 cm³/mol. The Morgan fingerprint density at radius 3 is 2.51 bits per heavy atom. The number of para-hydroxylation sites is 1. The van der Waals surface area contributed by atoms with E-state index in [4.69, 9.17) is 13.9 Å². The Bertz CT molecular complexity index is 1490. The van der Waals surface area contributed by atoms with Crippen molar-refractivity contribution in [2.45, 2.75) is 19.5 Å². The number of carbonyl (C=O) groups excluding carboxylic acids is 2. The summed E-state index contributed by atoms with van der Waals surface area (Å²) in [5.41, 5.74) is 1.56. The summed E-state index contributed by atoms with van der Waals surface area (Å²) < 4.78 is 30.4. The summed E-state index contributed by atoms with van der Waals surface area (Å²) in [6.45, 7) is 2.23. The van der Waals surface area contributed by atoms with Gasteiger partial charge in [-0.1, -0.05) is 36.4 Å². The van der Waals surface area contributed by atoms with Gasteiger partial charge < -0.3 is 23.9 Å². The lowest BCUT2D eigenvalue weighted by molar-refractivity contribution is -0.130. The summed E-state index contributed by atoms with van der Waals surface area (Å²) in [5, 5.41) is 11.7. The third kappa shape index (κ3) is 4.42. The quantitative estimate of drug-likeness (QED) is 0.309. The van der Waals surface area contributed by atoms with Crippen LogP contribution in [0.3, 0.4) is 0 Å². The minimum absolute atomic E-state index is 0.00252. The van der Waals surface area contributed by atoms with Crippen LogP contribution in [0.1, 0.15) is 34.6 Å². The number of Topliss-reactive ketones (excluding diaryl/α,β-unsaturated/α-hetero) is 1.